The summed E-state index contributed by atoms with van der Waals surface area (Å²) in [4.78, 5) is 41.7. The minimum absolute atomic E-state index is 0.00669. The van der Waals surface area contributed by atoms with Crippen molar-refractivity contribution in [3.63, 3.8) is 0 Å². The van der Waals surface area contributed by atoms with Crippen molar-refractivity contribution in [3.8, 4) is 28.7 Å². The number of halogens is 3. The minimum Gasteiger partial charge on any atom is -0.508 e. The van der Waals surface area contributed by atoms with E-state index in [9.17, 15) is 27.1 Å². The smallest absolute Gasteiger partial charge is 0.407 e. The predicted molar refractivity (Wildman–Crippen MR) is 389 cm³/mol. The Balaban J connectivity index is 0.000000137. The lowest BCUT2D eigenvalue weighted by Gasteiger charge is -2.35. The fourth-order valence-electron chi connectivity index (χ4n) is 10.7. The number of methoxy groups -OCH3 is 2. The molecule has 0 radical (unpaired) electrons. The molecule has 0 spiro atoms. The molecule has 4 aliphatic rings. The van der Waals surface area contributed by atoms with Crippen LogP contribution in [0.4, 0.5) is 37.6 Å². The van der Waals surface area contributed by atoms with E-state index in [1.54, 1.807) is 114 Å². The zero-order chi connectivity index (χ0) is 73.7. The number of ether oxygens (including phenoxy) is 5. The Hall–Kier alpha value is -10.4. The number of alkyl carbamates (subject to hydrolysis) is 1. The van der Waals surface area contributed by atoms with Crippen LogP contribution < -0.4 is 49.6 Å². The third-order valence-electron chi connectivity index (χ3n) is 16.1. The summed E-state index contributed by atoms with van der Waals surface area (Å²) >= 11 is 5.56. The summed E-state index contributed by atoms with van der Waals surface area (Å²) in [6.45, 7) is 24.0. The van der Waals surface area contributed by atoms with E-state index in [2.05, 4.69) is 77.5 Å². The van der Waals surface area contributed by atoms with Crippen LogP contribution in [0.2, 0.25) is 5.35 Å². The third kappa shape index (κ3) is 20.7. The van der Waals surface area contributed by atoms with Crippen LogP contribution in [0.3, 0.4) is 0 Å². The second kappa shape index (κ2) is 33.6. The molecule has 103 heavy (non-hydrogen) atoms. The molecule has 5 N–H and O–H groups in total. The number of aryl methyl sites for hydroxylation is 1. The van der Waals surface area contributed by atoms with Gasteiger partial charge in [-0.25, -0.2) is 13.6 Å². The maximum absolute atomic E-state index is 13.1. The molecule has 4 saturated heterocycles. The number of phenols is 1. The van der Waals surface area contributed by atoms with Crippen molar-refractivity contribution in [2.75, 3.05) is 112 Å². The van der Waals surface area contributed by atoms with Crippen LogP contribution in [0.15, 0.2) is 166 Å². The molecule has 5 aromatic heterocycles. The first-order chi connectivity index (χ1) is 49.2. The molecule has 9 heterocycles. The first-order valence-electron chi connectivity index (χ1n) is 33.2. The number of nitrogens with zero attached hydrogens (tertiary/aromatic N) is 9. The van der Waals surface area contributed by atoms with E-state index in [1.807, 2.05) is 31.2 Å². The van der Waals surface area contributed by atoms with Gasteiger partial charge in [-0.15, -0.1) is 0 Å². The van der Waals surface area contributed by atoms with Crippen LogP contribution in [-0.4, -0.2) is 148 Å². The standard InChI is InChI=1S/C20H26FN3O4.C15H18FN3O2.C12H14N2O2.C11H12N2O2.C8H6ClNO2.C7H8O3S/c1-13-10-24(11-13)18-23-16-6-5-15(7-17(16)27-18)26-12-14(8-21)9-22-19(25)28-20(2,3)4;1-10-7-19(8-10)15-18-13-3-2-12(4-14(13)21-15)20-9-11(5-16)6-17;1-8-6-14(7-8)12-13-10-4-3-9(15-2)5-11(10)16-12;1-7-5-13(6-7)11-12-9-3-2-8(14)4-10(9)15-11;1-11-5-2-3-6-7(4-5)12-8(9)10-6;1-6-2-4-7(5-3-6)11(8,9)10/h5-8,13H,9-12H2,1-4H3,(H,22,25);2-5,10H,6-9,17H2,1H3;3-5,8H,6-7H2,1-2H3;2-4,7,14H,5-6H2,1H3;2-4H,1H3;2-5H,1H3,(H,8,9,10)/b14-8+;11-5+;;;;. The maximum Gasteiger partial charge on any atom is 0.407 e. The summed E-state index contributed by atoms with van der Waals surface area (Å²) in [5.41, 5.74) is 13.7. The zero-order valence-electron chi connectivity index (χ0n) is 58.8. The number of hydrogen-bond donors (Lipinski definition) is 4. The number of fused-ring (bicyclic) bond motifs is 5. The van der Waals surface area contributed by atoms with Crippen LogP contribution in [0.25, 0.3) is 55.5 Å². The molecule has 26 nitrogen and oxygen atoms in total. The van der Waals surface area contributed by atoms with Gasteiger partial charge in [-0.05, 0) is 136 Å². The Morgan fingerprint density at radius 3 is 1.27 bits per heavy atom. The number of aromatic hydroxyl groups is 1. The highest BCUT2D eigenvalue weighted by Crippen LogP contribution is 2.34. The molecule has 0 atom stereocenters. The van der Waals surface area contributed by atoms with Gasteiger partial charge < -0.3 is 81.5 Å². The number of hydrogen-bond acceptors (Lipinski definition) is 24. The number of aromatic nitrogens is 5. The predicted octanol–water partition coefficient (Wildman–Crippen LogP) is 14.5. The third-order valence-corrected chi connectivity index (χ3v) is 17.2. The fraction of sp³-hybridized carbons (Fsp3) is 0.370. The number of phenolic OH excluding ortho intramolecular Hbond substituents is 1. The van der Waals surface area contributed by atoms with E-state index in [1.165, 1.54) is 12.1 Å². The molecule has 15 rings (SSSR count). The van der Waals surface area contributed by atoms with Gasteiger partial charge in [0.2, 0.25) is 0 Å². The van der Waals surface area contributed by atoms with Crippen molar-refractivity contribution in [2.45, 2.75) is 65.9 Å². The van der Waals surface area contributed by atoms with Gasteiger partial charge in [0.25, 0.3) is 39.5 Å². The summed E-state index contributed by atoms with van der Waals surface area (Å²) < 4.78 is 109. The number of rotatable bonds is 16. The van der Waals surface area contributed by atoms with E-state index >= 15 is 0 Å². The molecule has 30 heteroatoms. The quantitative estimate of drug-likeness (QED) is 0.0653. The molecule has 0 unspecified atom stereocenters. The topological polar surface area (TPSA) is 319 Å². The van der Waals surface area contributed by atoms with E-state index in [-0.39, 0.29) is 47.9 Å². The lowest BCUT2D eigenvalue weighted by molar-refractivity contribution is 0.0531. The van der Waals surface area contributed by atoms with Gasteiger partial charge in [-0.1, -0.05) is 45.4 Å². The average Bonchev–Trinajstić information content (AvgIpc) is 1.68. The number of amides is 1. The molecular weight excluding hydrogens is 1380 g/mol. The first-order valence-corrected chi connectivity index (χ1v) is 35.0. The van der Waals surface area contributed by atoms with Gasteiger partial charge in [-0.3, -0.25) is 4.55 Å². The number of anilines is 4. The van der Waals surface area contributed by atoms with Crippen LogP contribution in [0.1, 0.15) is 54.0 Å². The molecule has 4 aliphatic heterocycles. The average molecular weight is 1460 g/mol. The van der Waals surface area contributed by atoms with Crippen molar-refractivity contribution in [2.24, 2.45) is 29.4 Å². The Morgan fingerprint density at radius 1 is 0.563 bits per heavy atom. The number of benzene rings is 6. The molecule has 0 saturated carbocycles. The lowest BCUT2D eigenvalue weighted by Crippen LogP contribution is -2.45. The Bertz CT molecular complexity index is 4840. The highest BCUT2D eigenvalue weighted by molar-refractivity contribution is 7.85. The second-order valence-electron chi connectivity index (χ2n) is 26.5. The van der Waals surface area contributed by atoms with E-state index in [0.29, 0.717) is 87.9 Å². The molecule has 0 bridgehead atoms. The van der Waals surface area contributed by atoms with Crippen molar-refractivity contribution < 1.29 is 77.4 Å². The monoisotopic (exact) mass is 1460 g/mol. The first kappa shape index (κ1) is 75.3. The number of nitrogens with one attached hydrogen (secondary N) is 1. The maximum atomic E-state index is 13.1. The van der Waals surface area contributed by atoms with E-state index in [0.717, 1.165) is 115 Å². The minimum atomic E-state index is -4.02. The number of carbonyl (C=O) groups is 1. The molecule has 11 aromatic rings. The zero-order valence-corrected chi connectivity index (χ0v) is 60.3. The van der Waals surface area contributed by atoms with Gasteiger partial charge in [0, 0.05) is 107 Å². The Kier molecular flexibility index (Phi) is 24.6. The van der Waals surface area contributed by atoms with Gasteiger partial charge in [0.05, 0.1) is 31.8 Å². The second-order valence-corrected chi connectivity index (χ2v) is 28.3. The summed E-state index contributed by atoms with van der Waals surface area (Å²) in [7, 11) is -0.775. The fourth-order valence-corrected chi connectivity index (χ4v) is 11.3. The highest BCUT2D eigenvalue weighted by atomic mass is 35.5. The lowest BCUT2D eigenvalue weighted by atomic mass is 10.0. The van der Waals surface area contributed by atoms with Gasteiger partial charge in [0.1, 0.15) is 75.1 Å². The van der Waals surface area contributed by atoms with E-state index < -0.39 is 21.8 Å². The molecule has 1 amide bonds. The van der Waals surface area contributed by atoms with Gasteiger partial charge in [-0.2, -0.15) is 33.3 Å². The summed E-state index contributed by atoms with van der Waals surface area (Å²) in [6.07, 6.45) is 0.298. The normalized spacial score (nSPS) is 15.0. The molecule has 6 aromatic carbocycles. The van der Waals surface area contributed by atoms with Crippen LogP contribution in [0.5, 0.6) is 28.7 Å². The number of nitrogens with two attached hydrogens (primary N) is 1. The summed E-state index contributed by atoms with van der Waals surface area (Å²) in [5.74, 6) is 5.66. The summed E-state index contributed by atoms with van der Waals surface area (Å²) in [5, 5.41) is 11.9. The SMILES string of the molecule is CC1CN(c2nc3ccc(O)cc3o2)C1.CC1CN(c2nc3ccc(OC/C(=C/F)CN)cc3o2)C1.CC1CN(c2nc3ccc(OC/C(=C/F)CNC(=O)OC(C)(C)C)cc3o2)C1.COc1ccc2nc(Cl)oc2c1.COc1ccc2nc(N3CC(C)C3)oc2c1.Cc1ccc(S(=O)(=O)O)cc1. The van der Waals surface area contributed by atoms with Crippen molar-refractivity contribution in [1.29, 1.82) is 0 Å². The van der Waals surface area contributed by atoms with Gasteiger partial charge in [0.15, 0.2) is 27.9 Å². The number of carbonyl (C=O) groups excluding carboxylic acids is 1. The van der Waals surface area contributed by atoms with Crippen molar-refractivity contribution in [1.82, 2.24) is 30.2 Å². The highest BCUT2D eigenvalue weighted by Gasteiger charge is 2.30. The van der Waals surface area contributed by atoms with Crippen LogP contribution in [0, 0.1) is 30.6 Å². The van der Waals surface area contributed by atoms with E-state index in [4.69, 9.17) is 67.7 Å². The molecular formula is C73H84ClF2N11O15S. The Labute approximate surface area is 598 Å². The molecule has 0 aliphatic carbocycles. The molecule has 4 fully saturated rings. The summed E-state index contributed by atoms with van der Waals surface area (Å²) in [6, 6.07) is 35.3. The van der Waals surface area contributed by atoms with Crippen LogP contribution in [-0.2, 0) is 14.9 Å². The largest absolute Gasteiger partial charge is 0.508 e. The molecule has 548 valence electrons. The van der Waals surface area contributed by atoms with Crippen molar-refractivity contribution >= 4 is 107 Å². The Morgan fingerprint density at radius 2 is 0.913 bits per heavy atom. The van der Waals surface area contributed by atoms with Crippen molar-refractivity contribution in [3.05, 3.63) is 150 Å². The van der Waals surface area contributed by atoms with Crippen LogP contribution >= 0.6 is 11.6 Å². The number of oxazole rings is 5. The van der Waals surface area contributed by atoms with Gasteiger partial charge >= 0.3 is 6.09 Å².